The third kappa shape index (κ3) is 3.30. The quantitative estimate of drug-likeness (QED) is 0.864. The highest BCUT2D eigenvalue weighted by atomic mass is 16.5. The minimum atomic E-state index is 0.319. The van der Waals surface area contributed by atoms with Gasteiger partial charge < -0.3 is 15.0 Å². The second-order valence-corrected chi connectivity index (χ2v) is 5.82. The summed E-state index contributed by atoms with van der Waals surface area (Å²) in [7, 11) is 2.04. The van der Waals surface area contributed by atoms with Crippen LogP contribution in [0.25, 0.3) is 0 Å². The van der Waals surface area contributed by atoms with E-state index in [0.29, 0.717) is 12.1 Å². The molecule has 2 saturated heterocycles. The topological polar surface area (TPSA) is 66.1 Å². The average molecular weight is 279 g/mol. The molecule has 1 atom stereocenters. The van der Waals surface area contributed by atoms with Crippen LogP contribution in [0.2, 0.25) is 0 Å². The molecular formula is C14H25N5O. The third-order valence-electron chi connectivity index (χ3n) is 4.40. The van der Waals surface area contributed by atoms with E-state index in [4.69, 9.17) is 4.74 Å². The maximum atomic E-state index is 5.76. The fourth-order valence-corrected chi connectivity index (χ4v) is 3.07. The van der Waals surface area contributed by atoms with E-state index in [1.807, 2.05) is 7.05 Å². The van der Waals surface area contributed by atoms with Crippen molar-refractivity contribution in [2.75, 3.05) is 31.6 Å². The van der Waals surface area contributed by atoms with E-state index in [0.717, 1.165) is 57.2 Å². The second-order valence-electron chi connectivity index (χ2n) is 5.82. The first-order chi connectivity index (χ1) is 9.85. The zero-order valence-corrected chi connectivity index (χ0v) is 12.3. The summed E-state index contributed by atoms with van der Waals surface area (Å²) in [6.45, 7) is 2.95. The molecule has 1 aromatic rings. The minimum absolute atomic E-state index is 0.319. The van der Waals surface area contributed by atoms with Crippen molar-refractivity contribution in [3.05, 3.63) is 5.82 Å². The van der Waals surface area contributed by atoms with Gasteiger partial charge in [-0.05, 0) is 39.2 Å². The number of ether oxygens (including phenoxy) is 1. The molecule has 20 heavy (non-hydrogen) atoms. The first-order valence-corrected chi connectivity index (χ1v) is 7.80. The van der Waals surface area contributed by atoms with Crippen molar-refractivity contribution >= 4 is 5.95 Å². The molecule has 6 heteroatoms. The van der Waals surface area contributed by atoms with Crippen LogP contribution in [0.15, 0.2) is 0 Å². The van der Waals surface area contributed by atoms with Crippen LogP contribution in [-0.4, -0.2) is 54.1 Å². The number of nitrogens with zero attached hydrogens (tertiary/aromatic N) is 3. The zero-order chi connectivity index (χ0) is 13.8. The van der Waals surface area contributed by atoms with Crippen molar-refractivity contribution < 1.29 is 4.74 Å². The third-order valence-corrected chi connectivity index (χ3v) is 4.40. The molecule has 6 nitrogen and oxygen atoms in total. The van der Waals surface area contributed by atoms with Crippen LogP contribution in [0.3, 0.4) is 0 Å². The van der Waals surface area contributed by atoms with E-state index in [1.165, 1.54) is 12.8 Å². The molecule has 2 fully saturated rings. The van der Waals surface area contributed by atoms with Crippen molar-refractivity contribution in [2.45, 2.75) is 50.7 Å². The molecule has 3 rings (SSSR count). The van der Waals surface area contributed by atoms with Gasteiger partial charge in [-0.15, -0.1) is 5.10 Å². The standard InChI is InChI=1S/C14H25N5O/c1-15-11-5-7-19(8-6-11)14-16-13(17-18-14)10-12-4-2-3-9-20-12/h11-12,15H,2-10H2,1H3,(H,16,17,18). The number of hydrogen-bond acceptors (Lipinski definition) is 5. The van der Waals surface area contributed by atoms with Crippen molar-refractivity contribution in [1.82, 2.24) is 20.5 Å². The summed E-state index contributed by atoms with van der Waals surface area (Å²) >= 11 is 0. The van der Waals surface area contributed by atoms with Gasteiger partial charge in [0.05, 0.1) is 6.10 Å². The molecule has 0 aliphatic carbocycles. The summed E-state index contributed by atoms with van der Waals surface area (Å²) in [5.41, 5.74) is 0. The average Bonchev–Trinajstić information content (AvgIpc) is 2.97. The summed E-state index contributed by atoms with van der Waals surface area (Å²) < 4.78 is 5.76. The number of hydrogen-bond donors (Lipinski definition) is 2. The Morgan fingerprint density at radius 1 is 1.30 bits per heavy atom. The Kier molecular flexibility index (Phi) is 4.52. The molecule has 2 N–H and O–H groups in total. The predicted octanol–water partition coefficient (Wildman–Crippen LogP) is 1.10. The highest BCUT2D eigenvalue weighted by Gasteiger charge is 2.22. The molecule has 0 bridgehead atoms. The Morgan fingerprint density at radius 2 is 2.15 bits per heavy atom. The van der Waals surface area contributed by atoms with Crippen LogP contribution in [-0.2, 0) is 11.2 Å². The summed E-state index contributed by atoms with van der Waals surface area (Å²) in [5, 5.41) is 10.8. The Hall–Kier alpha value is -1.14. The molecule has 0 radical (unpaired) electrons. The van der Waals surface area contributed by atoms with Crippen LogP contribution < -0.4 is 10.2 Å². The molecule has 0 saturated carbocycles. The van der Waals surface area contributed by atoms with Crippen LogP contribution in [0.4, 0.5) is 5.95 Å². The van der Waals surface area contributed by atoms with Crippen molar-refractivity contribution in [2.24, 2.45) is 0 Å². The Bertz CT molecular complexity index is 407. The van der Waals surface area contributed by atoms with Crippen molar-refractivity contribution in [3.63, 3.8) is 0 Å². The van der Waals surface area contributed by atoms with Gasteiger partial charge in [0.15, 0.2) is 0 Å². The molecular weight excluding hydrogens is 254 g/mol. The van der Waals surface area contributed by atoms with Gasteiger partial charge in [-0.1, -0.05) is 0 Å². The van der Waals surface area contributed by atoms with E-state index in [1.54, 1.807) is 0 Å². The number of aromatic amines is 1. The first kappa shape index (κ1) is 13.8. The second kappa shape index (κ2) is 6.54. The lowest BCUT2D eigenvalue weighted by molar-refractivity contribution is 0.0157. The molecule has 0 aromatic carbocycles. The number of anilines is 1. The van der Waals surface area contributed by atoms with E-state index in [9.17, 15) is 0 Å². The summed E-state index contributed by atoms with van der Waals surface area (Å²) in [5.74, 6) is 1.81. The number of aromatic nitrogens is 3. The predicted molar refractivity (Wildman–Crippen MR) is 78.0 cm³/mol. The minimum Gasteiger partial charge on any atom is -0.378 e. The van der Waals surface area contributed by atoms with Crippen molar-refractivity contribution in [1.29, 1.82) is 0 Å². The number of rotatable bonds is 4. The van der Waals surface area contributed by atoms with Crippen LogP contribution >= 0.6 is 0 Å². The van der Waals surface area contributed by atoms with Crippen LogP contribution in [0.5, 0.6) is 0 Å². The zero-order valence-electron chi connectivity index (χ0n) is 12.3. The summed E-state index contributed by atoms with van der Waals surface area (Å²) in [6, 6.07) is 0.639. The van der Waals surface area contributed by atoms with Gasteiger partial charge in [0, 0.05) is 32.2 Å². The smallest absolute Gasteiger partial charge is 0.244 e. The van der Waals surface area contributed by atoms with E-state index >= 15 is 0 Å². The Morgan fingerprint density at radius 3 is 2.85 bits per heavy atom. The van der Waals surface area contributed by atoms with Gasteiger partial charge in [-0.3, -0.25) is 5.10 Å². The summed E-state index contributed by atoms with van der Waals surface area (Å²) in [4.78, 5) is 6.91. The lowest BCUT2D eigenvalue weighted by Crippen LogP contribution is -2.41. The van der Waals surface area contributed by atoms with Crippen molar-refractivity contribution in [3.8, 4) is 0 Å². The number of H-pyrrole nitrogens is 1. The maximum Gasteiger partial charge on any atom is 0.244 e. The SMILES string of the molecule is CNC1CCN(c2n[nH]c(CC3CCCCO3)n2)CC1. The molecule has 2 aliphatic rings. The molecule has 2 aliphatic heterocycles. The van der Waals surface area contributed by atoms with E-state index in [2.05, 4.69) is 25.4 Å². The Labute approximate surface area is 120 Å². The van der Waals surface area contributed by atoms with E-state index in [-0.39, 0.29) is 0 Å². The van der Waals surface area contributed by atoms with Crippen LogP contribution in [0.1, 0.15) is 37.9 Å². The monoisotopic (exact) mass is 279 g/mol. The van der Waals surface area contributed by atoms with Gasteiger partial charge in [0.2, 0.25) is 5.95 Å². The number of piperidine rings is 1. The van der Waals surface area contributed by atoms with Gasteiger partial charge in [0.1, 0.15) is 5.82 Å². The van der Waals surface area contributed by atoms with Gasteiger partial charge in [-0.25, -0.2) is 0 Å². The fourth-order valence-electron chi connectivity index (χ4n) is 3.07. The maximum absolute atomic E-state index is 5.76. The normalized spacial score (nSPS) is 25.1. The number of nitrogens with one attached hydrogen (secondary N) is 2. The molecule has 0 spiro atoms. The largest absolute Gasteiger partial charge is 0.378 e. The lowest BCUT2D eigenvalue weighted by Gasteiger charge is -2.30. The molecule has 3 heterocycles. The highest BCUT2D eigenvalue weighted by Crippen LogP contribution is 2.19. The highest BCUT2D eigenvalue weighted by molar-refractivity contribution is 5.29. The molecule has 0 amide bonds. The van der Waals surface area contributed by atoms with Gasteiger partial charge in [0.25, 0.3) is 0 Å². The molecule has 112 valence electrons. The lowest BCUT2D eigenvalue weighted by atomic mass is 10.1. The molecule has 1 unspecified atom stereocenters. The van der Waals surface area contributed by atoms with Crippen LogP contribution in [0, 0.1) is 0 Å². The van der Waals surface area contributed by atoms with E-state index < -0.39 is 0 Å². The fraction of sp³-hybridized carbons (Fsp3) is 0.857. The Balaban J connectivity index is 1.54. The first-order valence-electron chi connectivity index (χ1n) is 7.80. The van der Waals surface area contributed by atoms with Gasteiger partial charge in [-0.2, -0.15) is 4.98 Å². The van der Waals surface area contributed by atoms with Gasteiger partial charge >= 0.3 is 0 Å². The molecule has 1 aromatic heterocycles. The summed E-state index contributed by atoms with van der Waals surface area (Å²) in [6.07, 6.45) is 7.10.